The second-order valence-corrected chi connectivity index (χ2v) is 5.49. The van der Waals surface area contributed by atoms with Gasteiger partial charge in [0.25, 0.3) is 0 Å². The normalized spacial score (nSPS) is 12.5. The molecule has 1 aromatic carbocycles. The summed E-state index contributed by atoms with van der Waals surface area (Å²) >= 11 is 1.82. The van der Waals surface area contributed by atoms with Crippen molar-refractivity contribution in [3.05, 3.63) is 48.3 Å². The monoisotopic (exact) mass is 276 g/mol. The van der Waals surface area contributed by atoms with Gasteiger partial charge in [-0.2, -0.15) is 5.10 Å². The van der Waals surface area contributed by atoms with E-state index in [1.165, 1.54) is 10.5 Å². The Morgan fingerprint density at radius 3 is 2.79 bits per heavy atom. The first-order chi connectivity index (χ1) is 9.31. The van der Waals surface area contributed by atoms with E-state index in [9.17, 15) is 0 Å². The number of nitrogens with zero attached hydrogens (tertiary/aromatic N) is 2. The van der Waals surface area contributed by atoms with Crippen LogP contribution in [0.1, 0.15) is 12.5 Å². The molecule has 0 aliphatic carbocycles. The molecular formula is C14H20N4S. The molecule has 102 valence electrons. The fourth-order valence-corrected chi connectivity index (χ4v) is 2.81. The number of aryl methyl sites for hydroxylation is 1. The largest absolute Gasteiger partial charge is 0.273 e. The molecule has 0 aliphatic rings. The molecule has 0 aliphatic heterocycles. The standard InChI is InChI=1S/C14H20N4S/c1-2-18-10-12(9-16-18)8-13(17-15)11-19-14-6-4-3-5-7-14/h3-7,9-10,13,17H,2,8,11,15H2,1H3. The van der Waals surface area contributed by atoms with Gasteiger partial charge in [0.2, 0.25) is 0 Å². The Labute approximate surface area is 118 Å². The highest BCUT2D eigenvalue weighted by atomic mass is 32.2. The molecule has 1 heterocycles. The van der Waals surface area contributed by atoms with Gasteiger partial charge < -0.3 is 0 Å². The van der Waals surface area contributed by atoms with E-state index in [4.69, 9.17) is 5.84 Å². The van der Waals surface area contributed by atoms with Crippen LogP contribution in [0.15, 0.2) is 47.6 Å². The maximum atomic E-state index is 5.63. The molecule has 4 nitrogen and oxygen atoms in total. The number of hydrogen-bond donors (Lipinski definition) is 2. The predicted molar refractivity (Wildman–Crippen MR) is 79.9 cm³/mol. The summed E-state index contributed by atoms with van der Waals surface area (Å²) in [6.07, 6.45) is 4.90. The van der Waals surface area contributed by atoms with Crippen molar-refractivity contribution in [1.82, 2.24) is 15.2 Å². The van der Waals surface area contributed by atoms with E-state index in [1.807, 2.05) is 28.7 Å². The number of thioether (sulfide) groups is 1. The first kappa shape index (κ1) is 14.1. The Balaban J connectivity index is 1.86. The molecule has 0 bridgehead atoms. The van der Waals surface area contributed by atoms with Crippen molar-refractivity contribution in [3.8, 4) is 0 Å². The summed E-state index contributed by atoms with van der Waals surface area (Å²) in [5.74, 6) is 6.58. The predicted octanol–water partition coefficient (Wildman–Crippen LogP) is 2.07. The summed E-state index contributed by atoms with van der Waals surface area (Å²) in [5.41, 5.74) is 4.11. The second-order valence-electron chi connectivity index (χ2n) is 4.40. The summed E-state index contributed by atoms with van der Waals surface area (Å²) in [7, 11) is 0. The van der Waals surface area contributed by atoms with Crippen LogP contribution >= 0.6 is 11.8 Å². The summed E-state index contributed by atoms with van der Waals surface area (Å²) in [6.45, 7) is 2.99. The molecule has 1 unspecified atom stereocenters. The zero-order valence-electron chi connectivity index (χ0n) is 11.1. The van der Waals surface area contributed by atoms with Gasteiger partial charge in [0.1, 0.15) is 0 Å². The van der Waals surface area contributed by atoms with Crippen molar-refractivity contribution >= 4 is 11.8 Å². The smallest absolute Gasteiger partial charge is 0.0522 e. The minimum Gasteiger partial charge on any atom is -0.273 e. The van der Waals surface area contributed by atoms with Crippen LogP contribution in [0.2, 0.25) is 0 Å². The van der Waals surface area contributed by atoms with E-state index < -0.39 is 0 Å². The van der Waals surface area contributed by atoms with Gasteiger partial charge in [-0.3, -0.25) is 16.0 Å². The number of rotatable bonds is 7. The summed E-state index contributed by atoms with van der Waals surface area (Å²) < 4.78 is 1.94. The quantitative estimate of drug-likeness (QED) is 0.462. The lowest BCUT2D eigenvalue weighted by Gasteiger charge is -2.14. The van der Waals surface area contributed by atoms with Gasteiger partial charge in [-0.05, 0) is 31.0 Å². The SMILES string of the molecule is CCn1cc(CC(CSc2ccccc2)NN)cn1. The van der Waals surface area contributed by atoms with Gasteiger partial charge >= 0.3 is 0 Å². The molecule has 0 spiro atoms. The molecule has 19 heavy (non-hydrogen) atoms. The first-order valence-corrected chi connectivity index (χ1v) is 7.45. The van der Waals surface area contributed by atoms with Crippen molar-refractivity contribution in [2.45, 2.75) is 30.8 Å². The number of hydrogen-bond acceptors (Lipinski definition) is 4. The zero-order chi connectivity index (χ0) is 13.5. The van der Waals surface area contributed by atoms with Crippen LogP contribution in [0.5, 0.6) is 0 Å². The molecule has 0 radical (unpaired) electrons. The topological polar surface area (TPSA) is 55.9 Å². The molecule has 0 fully saturated rings. The lowest BCUT2D eigenvalue weighted by Crippen LogP contribution is -2.38. The van der Waals surface area contributed by atoms with E-state index in [0.717, 1.165) is 18.7 Å². The van der Waals surface area contributed by atoms with E-state index in [2.05, 4.69) is 47.9 Å². The van der Waals surface area contributed by atoms with Gasteiger partial charge in [0.15, 0.2) is 0 Å². The summed E-state index contributed by atoms with van der Waals surface area (Å²) in [5, 5.41) is 4.28. The van der Waals surface area contributed by atoms with Crippen molar-refractivity contribution in [2.24, 2.45) is 5.84 Å². The average molecular weight is 276 g/mol. The fraction of sp³-hybridized carbons (Fsp3) is 0.357. The lowest BCUT2D eigenvalue weighted by molar-refractivity contribution is 0.574. The van der Waals surface area contributed by atoms with Crippen LogP contribution in [-0.2, 0) is 13.0 Å². The number of benzene rings is 1. The summed E-state index contributed by atoms with van der Waals surface area (Å²) in [6, 6.07) is 10.6. The Hall–Kier alpha value is -1.30. The van der Waals surface area contributed by atoms with E-state index in [-0.39, 0.29) is 6.04 Å². The molecule has 3 N–H and O–H groups in total. The van der Waals surface area contributed by atoms with Crippen molar-refractivity contribution in [3.63, 3.8) is 0 Å². The van der Waals surface area contributed by atoms with Crippen LogP contribution in [0.4, 0.5) is 0 Å². The van der Waals surface area contributed by atoms with Crippen LogP contribution in [0.3, 0.4) is 0 Å². The maximum Gasteiger partial charge on any atom is 0.0522 e. The number of nitrogens with two attached hydrogens (primary N) is 1. The minimum absolute atomic E-state index is 0.250. The molecule has 0 saturated carbocycles. The molecule has 2 aromatic rings. The Morgan fingerprint density at radius 1 is 1.37 bits per heavy atom. The van der Waals surface area contributed by atoms with Gasteiger partial charge in [-0.15, -0.1) is 11.8 Å². The van der Waals surface area contributed by atoms with Gasteiger partial charge in [0, 0.05) is 29.4 Å². The average Bonchev–Trinajstić information content (AvgIpc) is 2.92. The molecule has 5 heteroatoms. The highest BCUT2D eigenvalue weighted by Gasteiger charge is 2.09. The van der Waals surface area contributed by atoms with Crippen LogP contribution in [-0.4, -0.2) is 21.6 Å². The van der Waals surface area contributed by atoms with E-state index >= 15 is 0 Å². The fourth-order valence-electron chi connectivity index (χ4n) is 1.85. The van der Waals surface area contributed by atoms with Gasteiger partial charge in [-0.25, -0.2) is 0 Å². The van der Waals surface area contributed by atoms with Gasteiger partial charge in [-0.1, -0.05) is 18.2 Å². The Kier molecular flexibility index (Phi) is 5.44. The summed E-state index contributed by atoms with van der Waals surface area (Å²) in [4.78, 5) is 1.27. The van der Waals surface area contributed by atoms with Gasteiger partial charge in [0.05, 0.1) is 6.20 Å². The van der Waals surface area contributed by atoms with Crippen molar-refractivity contribution < 1.29 is 0 Å². The number of nitrogens with one attached hydrogen (secondary N) is 1. The molecule has 0 amide bonds. The third-order valence-electron chi connectivity index (χ3n) is 2.92. The van der Waals surface area contributed by atoms with Crippen LogP contribution in [0.25, 0.3) is 0 Å². The lowest BCUT2D eigenvalue weighted by atomic mass is 10.1. The molecule has 1 atom stereocenters. The number of hydrazine groups is 1. The molecular weight excluding hydrogens is 256 g/mol. The van der Waals surface area contributed by atoms with Crippen molar-refractivity contribution in [1.29, 1.82) is 0 Å². The van der Waals surface area contributed by atoms with Crippen molar-refractivity contribution in [2.75, 3.05) is 5.75 Å². The maximum absolute atomic E-state index is 5.63. The Morgan fingerprint density at radius 2 is 2.16 bits per heavy atom. The minimum atomic E-state index is 0.250. The van der Waals surface area contributed by atoms with Crippen LogP contribution < -0.4 is 11.3 Å². The molecule has 2 rings (SSSR count). The number of aromatic nitrogens is 2. The van der Waals surface area contributed by atoms with Crippen LogP contribution in [0, 0.1) is 0 Å². The van der Waals surface area contributed by atoms with E-state index in [0.29, 0.717) is 0 Å². The zero-order valence-corrected chi connectivity index (χ0v) is 11.9. The highest BCUT2D eigenvalue weighted by molar-refractivity contribution is 7.99. The molecule has 1 aromatic heterocycles. The first-order valence-electron chi connectivity index (χ1n) is 6.47. The second kappa shape index (κ2) is 7.33. The third kappa shape index (κ3) is 4.38. The van der Waals surface area contributed by atoms with E-state index in [1.54, 1.807) is 0 Å². The molecule has 0 saturated heterocycles. The highest BCUT2D eigenvalue weighted by Crippen LogP contribution is 2.18. The Bertz CT molecular complexity index is 483. The third-order valence-corrected chi connectivity index (χ3v) is 4.10.